The summed E-state index contributed by atoms with van der Waals surface area (Å²) in [5.74, 6) is 0.728. The van der Waals surface area contributed by atoms with Crippen LogP contribution in [0, 0.1) is 5.92 Å². The molecule has 0 radical (unpaired) electrons. The molecule has 1 saturated heterocycles. The van der Waals surface area contributed by atoms with Gasteiger partial charge in [0.15, 0.2) is 16.5 Å². The zero-order valence-corrected chi connectivity index (χ0v) is 14.6. The molecule has 4 rings (SSSR count). The number of nitrogens with one attached hydrogen (secondary N) is 2. The fraction of sp³-hybridized carbons (Fsp3) is 0.467. The number of carbonyl (C=O) groups excluding carboxylic acids is 1. The summed E-state index contributed by atoms with van der Waals surface area (Å²) in [6.07, 6.45) is 1.90. The van der Waals surface area contributed by atoms with Gasteiger partial charge in [0.25, 0.3) is 0 Å². The van der Waals surface area contributed by atoms with Crippen LogP contribution in [-0.2, 0) is 4.79 Å². The van der Waals surface area contributed by atoms with Gasteiger partial charge >= 0.3 is 0 Å². The Morgan fingerprint density at radius 2 is 2.30 bits per heavy atom. The Balaban J connectivity index is 1.58. The second kappa shape index (κ2) is 5.68. The Kier molecular flexibility index (Phi) is 3.78. The Bertz CT molecular complexity index is 773. The summed E-state index contributed by atoms with van der Waals surface area (Å²) in [4.78, 5) is 16.3. The molecule has 0 spiro atoms. The molecule has 1 amide bonds. The summed E-state index contributed by atoms with van der Waals surface area (Å²) in [7, 11) is 0. The molecular formula is C15H15BrFN3O2S. The van der Waals surface area contributed by atoms with Crippen LogP contribution in [0.3, 0.4) is 0 Å². The van der Waals surface area contributed by atoms with Crippen LogP contribution in [0.5, 0.6) is 5.75 Å². The zero-order valence-electron chi connectivity index (χ0n) is 12.2. The van der Waals surface area contributed by atoms with Crippen LogP contribution in [0.25, 0.3) is 10.2 Å². The van der Waals surface area contributed by atoms with Gasteiger partial charge in [-0.1, -0.05) is 11.3 Å². The van der Waals surface area contributed by atoms with Crippen molar-refractivity contribution in [3.8, 4) is 5.75 Å². The molecule has 23 heavy (non-hydrogen) atoms. The van der Waals surface area contributed by atoms with E-state index in [9.17, 15) is 9.18 Å². The van der Waals surface area contributed by atoms with Crippen LogP contribution in [0.2, 0.25) is 0 Å². The Labute approximate surface area is 144 Å². The van der Waals surface area contributed by atoms with E-state index in [4.69, 9.17) is 4.74 Å². The SMILES string of the molecule is O=C(Nc1nc2ccc(Br)c(OCC3(F)CNC3)c2s1)C1CC1. The average molecular weight is 400 g/mol. The Morgan fingerprint density at radius 3 is 2.96 bits per heavy atom. The lowest BCUT2D eigenvalue weighted by Gasteiger charge is -2.34. The molecule has 1 aromatic heterocycles. The number of alkyl halides is 1. The van der Waals surface area contributed by atoms with Crippen molar-refractivity contribution in [2.75, 3.05) is 25.0 Å². The van der Waals surface area contributed by atoms with Gasteiger partial charge in [0.05, 0.1) is 14.7 Å². The monoisotopic (exact) mass is 399 g/mol. The topological polar surface area (TPSA) is 63.2 Å². The molecule has 2 N–H and O–H groups in total. The first-order valence-corrected chi connectivity index (χ1v) is 9.07. The molecule has 2 fully saturated rings. The molecule has 1 aliphatic heterocycles. The molecule has 0 bridgehead atoms. The van der Waals surface area contributed by atoms with E-state index in [2.05, 4.69) is 31.5 Å². The molecule has 122 valence electrons. The number of ether oxygens (including phenoxy) is 1. The maximum atomic E-state index is 14.1. The summed E-state index contributed by atoms with van der Waals surface area (Å²) < 4.78 is 21.4. The van der Waals surface area contributed by atoms with E-state index < -0.39 is 5.67 Å². The maximum absolute atomic E-state index is 14.1. The Hall–Kier alpha value is -1.25. The van der Waals surface area contributed by atoms with Crippen LogP contribution in [-0.4, -0.2) is 36.3 Å². The second-order valence-corrected chi connectivity index (χ2v) is 7.90. The highest BCUT2D eigenvalue weighted by Gasteiger charge is 2.38. The van der Waals surface area contributed by atoms with E-state index >= 15 is 0 Å². The van der Waals surface area contributed by atoms with Gasteiger partial charge in [-0.2, -0.15) is 0 Å². The first-order chi connectivity index (χ1) is 11.0. The highest BCUT2D eigenvalue weighted by Crippen LogP contribution is 2.40. The third-order valence-electron chi connectivity index (χ3n) is 4.00. The predicted molar refractivity (Wildman–Crippen MR) is 90.9 cm³/mol. The normalized spacial score (nSPS) is 19.4. The fourth-order valence-corrected chi connectivity index (χ4v) is 3.93. The van der Waals surface area contributed by atoms with Crippen molar-refractivity contribution in [2.24, 2.45) is 5.92 Å². The van der Waals surface area contributed by atoms with Gasteiger partial charge in [0, 0.05) is 19.0 Å². The van der Waals surface area contributed by atoms with Crippen LogP contribution < -0.4 is 15.4 Å². The quantitative estimate of drug-likeness (QED) is 0.810. The number of hydrogen-bond acceptors (Lipinski definition) is 5. The van der Waals surface area contributed by atoms with Gasteiger partial charge in [-0.05, 0) is 40.9 Å². The predicted octanol–water partition coefficient (Wildman–Crippen LogP) is 3.10. The highest BCUT2D eigenvalue weighted by atomic mass is 79.9. The third-order valence-corrected chi connectivity index (χ3v) is 5.61. The van der Waals surface area contributed by atoms with Crippen molar-refractivity contribution >= 4 is 48.5 Å². The minimum atomic E-state index is -1.31. The molecule has 1 saturated carbocycles. The molecule has 2 aliphatic rings. The number of anilines is 1. The van der Waals surface area contributed by atoms with Crippen LogP contribution in [0.4, 0.5) is 9.52 Å². The minimum absolute atomic E-state index is 0.000615. The number of halogens is 2. The van der Waals surface area contributed by atoms with Crippen molar-refractivity contribution in [1.82, 2.24) is 10.3 Å². The molecule has 2 aromatic rings. The molecule has 8 heteroatoms. The first-order valence-electron chi connectivity index (χ1n) is 7.46. The standard InChI is InChI=1S/C15H15BrFN3O2S/c16-9-3-4-10-12(11(9)22-7-15(17)5-18-6-15)23-14(19-10)20-13(21)8-1-2-8/h3-4,8,18H,1-2,5-7H2,(H,19,20,21). The van der Waals surface area contributed by atoms with Gasteiger partial charge in [-0.25, -0.2) is 9.37 Å². The molecule has 1 aromatic carbocycles. The molecule has 0 unspecified atom stereocenters. The van der Waals surface area contributed by atoms with Crippen LogP contribution >= 0.6 is 27.3 Å². The lowest BCUT2D eigenvalue weighted by atomic mass is 10.0. The third kappa shape index (κ3) is 3.07. The minimum Gasteiger partial charge on any atom is -0.487 e. The molecular weight excluding hydrogens is 385 g/mol. The fourth-order valence-electron chi connectivity index (χ4n) is 2.38. The number of hydrogen-bond donors (Lipinski definition) is 2. The Morgan fingerprint density at radius 1 is 1.52 bits per heavy atom. The van der Waals surface area contributed by atoms with Gasteiger partial charge in [-0.3, -0.25) is 4.79 Å². The van der Waals surface area contributed by atoms with E-state index in [0.717, 1.165) is 27.5 Å². The van der Waals surface area contributed by atoms with E-state index in [1.807, 2.05) is 12.1 Å². The first kappa shape index (κ1) is 15.3. The van der Waals surface area contributed by atoms with Gasteiger partial charge in [0.1, 0.15) is 6.61 Å². The average Bonchev–Trinajstić information content (AvgIpc) is 3.26. The molecule has 2 heterocycles. The van der Waals surface area contributed by atoms with Gasteiger partial charge in [-0.15, -0.1) is 0 Å². The van der Waals surface area contributed by atoms with Crippen molar-refractivity contribution in [1.29, 1.82) is 0 Å². The summed E-state index contributed by atoms with van der Waals surface area (Å²) in [5, 5.41) is 6.31. The second-order valence-electron chi connectivity index (χ2n) is 6.05. The number of amides is 1. The molecule has 1 aliphatic carbocycles. The van der Waals surface area contributed by atoms with Gasteiger partial charge < -0.3 is 15.4 Å². The van der Waals surface area contributed by atoms with E-state index in [0.29, 0.717) is 24.0 Å². The maximum Gasteiger partial charge on any atom is 0.229 e. The number of rotatable bonds is 5. The summed E-state index contributed by atoms with van der Waals surface area (Å²) in [6, 6.07) is 3.68. The zero-order chi connectivity index (χ0) is 16.0. The molecule has 5 nitrogen and oxygen atoms in total. The van der Waals surface area contributed by atoms with Gasteiger partial charge in [0.2, 0.25) is 5.91 Å². The summed E-state index contributed by atoms with van der Waals surface area (Å²) in [6.45, 7) is 0.622. The summed E-state index contributed by atoms with van der Waals surface area (Å²) in [5.41, 5.74) is -0.575. The lowest BCUT2D eigenvalue weighted by Crippen LogP contribution is -2.59. The van der Waals surface area contributed by atoms with E-state index in [1.54, 1.807) is 0 Å². The van der Waals surface area contributed by atoms with Crippen molar-refractivity contribution in [3.63, 3.8) is 0 Å². The summed E-state index contributed by atoms with van der Waals surface area (Å²) >= 11 is 4.80. The van der Waals surface area contributed by atoms with E-state index in [1.165, 1.54) is 11.3 Å². The number of thiazole rings is 1. The smallest absolute Gasteiger partial charge is 0.229 e. The lowest BCUT2D eigenvalue weighted by molar-refractivity contribution is -0.117. The van der Waals surface area contributed by atoms with E-state index in [-0.39, 0.29) is 18.4 Å². The number of aromatic nitrogens is 1. The number of benzene rings is 1. The van der Waals surface area contributed by atoms with Crippen molar-refractivity contribution in [3.05, 3.63) is 16.6 Å². The number of fused-ring (bicyclic) bond motifs is 1. The van der Waals surface area contributed by atoms with Crippen molar-refractivity contribution in [2.45, 2.75) is 18.5 Å². The van der Waals surface area contributed by atoms with Crippen LogP contribution in [0.15, 0.2) is 16.6 Å². The largest absolute Gasteiger partial charge is 0.487 e. The number of nitrogens with zero attached hydrogens (tertiary/aromatic N) is 1. The van der Waals surface area contributed by atoms with Crippen molar-refractivity contribution < 1.29 is 13.9 Å². The molecule has 0 atom stereocenters. The number of carbonyl (C=O) groups is 1. The van der Waals surface area contributed by atoms with Crippen LogP contribution in [0.1, 0.15) is 12.8 Å². The highest BCUT2D eigenvalue weighted by molar-refractivity contribution is 9.10.